The molecule has 2 aromatic carbocycles. The van der Waals surface area contributed by atoms with E-state index in [0.29, 0.717) is 12.1 Å². The molecule has 1 atom stereocenters. The van der Waals surface area contributed by atoms with Crippen molar-refractivity contribution in [3.05, 3.63) is 72.3 Å². The Balaban J connectivity index is 1.37. The molecule has 1 unspecified atom stereocenters. The predicted octanol–water partition coefficient (Wildman–Crippen LogP) is 4.42. The van der Waals surface area contributed by atoms with Crippen molar-refractivity contribution in [1.29, 1.82) is 0 Å². The van der Waals surface area contributed by atoms with Gasteiger partial charge in [0.2, 0.25) is 11.8 Å². The number of aromatic nitrogens is 3. The zero-order valence-electron chi connectivity index (χ0n) is 19.8. The van der Waals surface area contributed by atoms with Gasteiger partial charge in [0.05, 0.1) is 5.69 Å². The van der Waals surface area contributed by atoms with E-state index < -0.39 is 6.04 Å². The summed E-state index contributed by atoms with van der Waals surface area (Å²) in [6.07, 6.45) is 6.13. The molecule has 2 N–H and O–H groups in total. The molecule has 3 rings (SSSR count). The predicted molar refractivity (Wildman–Crippen MR) is 130 cm³/mol. The van der Waals surface area contributed by atoms with Gasteiger partial charge in [-0.3, -0.25) is 9.59 Å². The number of hydrogen-bond donors (Lipinski definition) is 2. The average Bonchev–Trinajstić information content (AvgIpc) is 3.32. The van der Waals surface area contributed by atoms with Gasteiger partial charge in [0.15, 0.2) is 0 Å². The second kappa shape index (κ2) is 10.9. The van der Waals surface area contributed by atoms with Crippen molar-refractivity contribution in [3.8, 4) is 5.69 Å². The zero-order chi connectivity index (χ0) is 23.8. The van der Waals surface area contributed by atoms with Gasteiger partial charge in [-0.1, -0.05) is 45.0 Å². The summed E-state index contributed by atoms with van der Waals surface area (Å²) >= 11 is 0. The molecule has 174 valence electrons. The summed E-state index contributed by atoms with van der Waals surface area (Å²) in [5.74, 6) is -0.363. The molecule has 3 aromatic rings. The van der Waals surface area contributed by atoms with Crippen LogP contribution in [0.3, 0.4) is 0 Å². The van der Waals surface area contributed by atoms with Gasteiger partial charge in [-0.05, 0) is 67.0 Å². The highest BCUT2D eigenvalue weighted by atomic mass is 16.2. The average molecular weight is 448 g/mol. The number of hydrogen-bond acceptors (Lipinski definition) is 4. The van der Waals surface area contributed by atoms with Crippen LogP contribution < -0.4 is 10.6 Å². The topological polar surface area (TPSA) is 88.9 Å². The van der Waals surface area contributed by atoms with Gasteiger partial charge < -0.3 is 10.6 Å². The fourth-order valence-corrected chi connectivity index (χ4v) is 3.45. The molecule has 33 heavy (non-hydrogen) atoms. The lowest BCUT2D eigenvalue weighted by atomic mass is 9.86. The molecule has 0 spiro atoms. The molecular formula is C26H33N5O2. The third-order valence-corrected chi connectivity index (χ3v) is 5.53. The van der Waals surface area contributed by atoms with E-state index in [9.17, 15) is 9.59 Å². The maximum absolute atomic E-state index is 12.4. The van der Waals surface area contributed by atoms with Gasteiger partial charge >= 0.3 is 0 Å². The van der Waals surface area contributed by atoms with Gasteiger partial charge in [0, 0.05) is 12.1 Å². The summed E-state index contributed by atoms with van der Waals surface area (Å²) in [7, 11) is 0. The third kappa shape index (κ3) is 7.27. The molecule has 7 nitrogen and oxygen atoms in total. The number of carbonyl (C=O) groups excluding carboxylic acids is 2. The summed E-state index contributed by atoms with van der Waals surface area (Å²) in [5.41, 5.74) is 4.26. The minimum Gasteiger partial charge on any atom is -0.345 e. The molecule has 0 saturated heterocycles. The van der Waals surface area contributed by atoms with Crippen LogP contribution in [0.15, 0.2) is 61.2 Å². The number of carbonyl (C=O) groups is 2. The fraction of sp³-hybridized carbons (Fsp3) is 0.385. The minimum atomic E-state index is -0.613. The summed E-state index contributed by atoms with van der Waals surface area (Å²) in [5, 5.41) is 9.68. The summed E-state index contributed by atoms with van der Waals surface area (Å²) in [4.78, 5) is 28.6. The number of unbranched alkanes of at least 4 members (excludes halogenated alkanes) is 1. The Labute approximate surface area is 195 Å². The summed E-state index contributed by atoms with van der Waals surface area (Å²) < 4.78 is 1.63. The molecule has 0 bridgehead atoms. The molecule has 2 amide bonds. The van der Waals surface area contributed by atoms with E-state index in [1.807, 2.05) is 12.1 Å². The van der Waals surface area contributed by atoms with E-state index in [0.717, 1.165) is 24.9 Å². The maximum atomic E-state index is 12.4. The van der Waals surface area contributed by atoms with E-state index in [1.54, 1.807) is 30.1 Å². The highest BCUT2D eigenvalue weighted by Gasteiger charge is 2.16. The van der Waals surface area contributed by atoms with E-state index in [1.165, 1.54) is 17.5 Å². The van der Waals surface area contributed by atoms with Crippen LogP contribution in [-0.2, 0) is 21.4 Å². The molecule has 1 heterocycles. The second-order valence-electron chi connectivity index (χ2n) is 9.32. The second-order valence-corrected chi connectivity index (χ2v) is 9.32. The molecule has 0 fully saturated rings. The number of nitrogens with zero attached hydrogens (tertiary/aromatic N) is 3. The van der Waals surface area contributed by atoms with Crippen LogP contribution in [0, 0.1) is 0 Å². The van der Waals surface area contributed by atoms with Crippen LogP contribution in [0.1, 0.15) is 58.1 Å². The lowest BCUT2D eigenvalue weighted by Gasteiger charge is -2.19. The molecule has 1 aromatic heterocycles. The Morgan fingerprint density at radius 1 is 1.00 bits per heavy atom. The van der Waals surface area contributed by atoms with Crippen LogP contribution >= 0.6 is 0 Å². The first-order valence-electron chi connectivity index (χ1n) is 11.4. The van der Waals surface area contributed by atoms with Crippen LogP contribution in [-0.4, -0.2) is 32.6 Å². The van der Waals surface area contributed by atoms with Crippen molar-refractivity contribution < 1.29 is 9.59 Å². The fourth-order valence-electron chi connectivity index (χ4n) is 3.45. The molecular weight excluding hydrogens is 414 g/mol. The minimum absolute atomic E-state index is 0.109. The van der Waals surface area contributed by atoms with E-state index in [-0.39, 0.29) is 17.2 Å². The Morgan fingerprint density at radius 2 is 1.70 bits per heavy atom. The number of anilines is 1. The third-order valence-electron chi connectivity index (χ3n) is 5.53. The maximum Gasteiger partial charge on any atom is 0.246 e. The van der Waals surface area contributed by atoms with Crippen molar-refractivity contribution in [2.24, 2.45) is 0 Å². The number of benzene rings is 2. The largest absolute Gasteiger partial charge is 0.345 e. The number of rotatable bonds is 9. The van der Waals surface area contributed by atoms with Crippen LogP contribution in [0.5, 0.6) is 0 Å². The Bertz CT molecular complexity index is 1040. The molecule has 0 aliphatic heterocycles. The monoisotopic (exact) mass is 447 g/mol. The molecule has 7 heteroatoms. The molecule has 0 radical (unpaired) electrons. The molecule has 0 saturated carbocycles. The van der Waals surface area contributed by atoms with E-state index >= 15 is 0 Å². The molecule has 0 aliphatic rings. The summed E-state index contributed by atoms with van der Waals surface area (Å²) in [6, 6.07) is 15.4. The van der Waals surface area contributed by atoms with Crippen molar-refractivity contribution >= 4 is 17.5 Å². The van der Waals surface area contributed by atoms with Crippen LogP contribution in [0.25, 0.3) is 5.69 Å². The zero-order valence-corrected chi connectivity index (χ0v) is 19.8. The van der Waals surface area contributed by atoms with Crippen LogP contribution in [0.2, 0.25) is 0 Å². The normalized spacial score (nSPS) is 12.2. The van der Waals surface area contributed by atoms with Gasteiger partial charge in [0.25, 0.3) is 0 Å². The molecule has 0 aliphatic carbocycles. The highest BCUT2D eigenvalue weighted by molar-refractivity contribution is 5.96. The number of aryl methyl sites for hydroxylation is 1. The summed E-state index contributed by atoms with van der Waals surface area (Å²) in [6.45, 7) is 8.31. The van der Waals surface area contributed by atoms with Crippen molar-refractivity contribution in [2.45, 2.75) is 64.8 Å². The van der Waals surface area contributed by atoms with Gasteiger partial charge in [-0.25, -0.2) is 9.67 Å². The quantitative estimate of drug-likeness (QED) is 0.475. The van der Waals surface area contributed by atoms with Gasteiger partial charge in [-0.15, -0.1) is 0 Å². The first-order valence-corrected chi connectivity index (χ1v) is 11.4. The lowest BCUT2D eigenvalue weighted by Crippen LogP contribution is -2.41. The Hall–Kier alpha value is -3.48. The lowest BCUT2D eigenvalue weighted by molar-refractivity contribution is -0.126. The van der Waals surface area contributed by atoms with Gasteiger partial charge in [-0.2, -0.15) is 5.10 Å². The van der Waals surface area contributed by atoms with Crippen molar-refractivity contribution in [1.82, 2.24) is 20.1 Å². The first-order chi connectivity index (χ1) is 15.7. The Morgan fingerprint density at radius 3 is 2.30 bits per heavy atom. The number of nitrogens with one attached hydrogen (secondary N) is 2. The van der Waals surface area contributed by atoms with Gasteiger partial charge in [0.1, 0.15) is 18.7 Å². The van der Waals surface area contributed by atoms with Crippen LogP contribution in [0.4, 0.5) is 5.69 Å². The highest BCUT2D eigenvalue weighted by Crippen LogP contribution is 2.22. The van der Waals surface area contributed by atoms with Crippen molar-refractivity contribution in [3.63, 3.8) is 0 Å². The Kier molecular flexibility index (Phi) is 7.98. The number of amides is 2. The van der Waals surface area contributed by atoms with E-state index in [2.05, 4.69) is 65.8 Å². The first kappa shape index (κ1) is 24.2. The van der Waals surface area contributed by atoms with E-state index in [4.69, 9.17) is 0 Å². The van der Waals surface area contributed by atoms with Crippen molar-refractivity contribution in [2.75, 3.05) is 5.32 Å². The smallest absolute Gasteiger partial charge is 0.246 e. The standard InChI is InChI=1S/C26H33N5O2/c1-19(25(33)30-22-13-15-23(16-14-22)31-18-27-17-28-31)29-24(32)8-6-5-7-20-9-11-21(12-10-20)26(2,3)4/h9-19H,5-8H2,1-4H3,(H,29,32)(H,30,33). The SMILES string of the molecule is CC(NC(=O)CCCCc1ccc(C(C)(C)C)cc1)C(=O)Nc1ccc(-n2cncn2)cc1.